The first kappa shape index (κ1) is 14.6. The molecule has 4 heteroatoms. The molecule has 1 aromatic carbocycles. The third-order valence-electron chi connectivity index (χ3n) is 3.31. The molecule has 0 fully saturated rings. The van der Waals surface area contributed by atoms with E-state index in [2.05, 4.69) is 10.3 Å². The number of benzene rings is 1. The maximum absolute atomic E-state index is 13.9. The van der Waals surface area contributed by atoms with E-state index in [0.717, 1.165) is 11.3 Å². The molecular formula is C16H18F2N2. The first-order valence-corrected chi connectivity index (χ1v) is 6.71. The van der Waals surface area contributed by atoms with E-state index < -0.39 is 17.7 Å². The van der Waals surface area contributed by atoms with Crippen molar-refractivity contribution in [2.45, 2.75) is 26.3 Å². The normalized spacial score (nSPS) is 12.4. The second kappa shape index (κ2) is 6.57. The van der Waals surface area contributed by atoms with Gasteiger partial charge in [0.2, 0.25) is 0 Å². The zero-order valence-corrected chi connectivity index (χ0v) is 11.7. The van der Waals surface area contributed by atoms with Crippen LogP contribution < -0.4 is 5.32 Å². The van der Waals surface area contributed by atoms with Gasteiger partial charge in [0, 0.05) is 29.9 Å². The molecule has 0 spiro atoms. The van der Waals surface area contributed by atoms with Crippen LogP contribution in [0.4, 0.5) is 8.78 Å². The Morgan fingerprint density at radius 1 is 1.15 bits per heavy atom. The van der Waals surface area contributed by atoms with Crippen molar-refractivity contribution < 1.29 is 8.78 Å². The summed E-state index contributed by atoms with van der Waals surface area (Å²) in [5.74, 6) is -1.05. The van der Waals surface area contributed by atoms with Crippen molar-refractivity contribution in [1.82, 2.24) is 10.3 Å². The van der Waals surface area contributed by atoms with Gasteiger partial charge < -0.3 is 5.32 Å². The third-order valence-corrected chi connectivity index (χ3v) is 3.31. The summed E-state index contributed by atoms with van der Waals surface area (Å²) in [7, 11) is 0. The van der Waals surface area contributed by atoms with Crippen molar-refractivity contribution in [2.75, 3.05) is 6.54 Å². The summed E-state index contributed by atoms with van der Waals surface area (Å²) in [4.78, 5) is 4.30. The molecule has 1 unspecified atom stereocenters. The Kier molecular flexibility index (Phi) is 4.79. The minimum absolute atomic E-state index is 0.0828. The van der Waals surface area contributed by atoms with E-state index >= 15 is 0 Å². The summed E-state index contributed by atoms with van der Waals surface area (Å²) >= 11 is 0. The lowest BCUT2D eigenvalue weighted by atomic mass is 9.98. The second-order valence-electron chi connectivity index (χ2n) is 4.72. The minimum Gasteiger partial charge on any atom is -0.310 e. The summed E-state index contributed by atoms with van der Waals surface area (Å²) in [5, 5.41) is 3.14. The molecule has 1 heterocycles. The van der Waals surface area contributed by atoms with Gasteiger partial charge in [-0.25, -0.2) is 8.78 Å². The summed E-state index contributed by atoms with van der Waals surface area (Å²) in [6.07, 6.45) is 2.15. The first-order valence-electron chi connectivity index (χ1n) is 6.71. The summed E-state index contributed by atoms with van der Waals surface area (Å²) in [6.45, 7) is 4.49. The van der Waals surface area contributed by atoms with Crippen LogP contribution in [0.3, 0.4) is 0 Å². The largest absolute Gasteiger partial charge is 0.310 e. The Hall–Kier alpha value is -1.81. The Balaban J connectivity index is 2.35. The number of halogens is 2. The average Bonchev–Trinajstić information content (AvgIpc) is 2.41. The number of pyridine rings is 1. The molecule has 1 N–H and O–H groups in total. The maximum Gasteiger partial charge on any atom is 0.130 e. The van der Waals surface area contributed by atoms with Crippen LogP contribution in [0, 0.1) is 18.6 Å². The molecular weight excluding hydrogens is 258 g/mol. The van der Waals surface area contributed by atoms with E-state index in [9.17, 15) is 8.78 Å². The molecule has 2 rings (SSSR count). The summed E-state index contributed by atoms with van der Waals surface area (Å²) in [6, 6.07) is 7.33. The van der Waals surface area contributed by atoms with Crippen LogP contribution in [0.2, 0.25) is 0 Å². The van der Waals surface area contributed by atoms with Gasteiger partial charge in [-0.05, 0) is 37.2 Å². The Labute approximate surface area is 117 Å². The van der Waals surface area contributed by atoms with Gasteiger partial charge in [0.15, 0.2) is 0 Å². The van der Waals surface area contributed by atoms with E-state index in [1.54, 1.807) is 6.20 Å². The van der Waals surface area contributed by atoms with Crippen LogP contribution >= 0.6 is 0 Å². The quantitative estimate of drug-likeness (QED) is 0.903. The SMILES string of the molecule is CCNC(Cc1ncccc1C)c1c(F)cccc1F. The lowest BCUT2D eigenvalue weighted by molar-refractivity contribution is 0.470. The van der Waals surface area contributed by atoms with E-state index in [1.165, 1.54) is 18.2 Å². The van der Waals surface area contributed by atoms with Gasteiger partial charge in [0.1, 0.15) is 11.6 Å². The van der Waals surface area contributed by atoms with Crippen LogP contribution in [0.15, 0.2) is 36.5 Å². The van der Waals surface area contributed by atoms with E-state index in [1.807, 2.05) is 26.0 Å². The van der Waals surface area contributed by atoms with Crippen molar-refractivity contribution >= 4 is 0 Å². The van der Waals surface area contributed by atoms with Gasteiger partial charge in [0.05, 0.1) is 0 Å². The predicted molar refractivity (Wildman–Crippen MR) is 75.5 cm³/mol. The number of aromatic nitrogens is 1. The molecule has 0 aliphatic carbocycles. The molecule has 0 radical (unpaired) electrons. The van der Waals surface area contributed by atoms with Crippen molar-refractivity contribution in [3.63, 3.8) is 0 Å². The number of nitrogens with one attached hydrogen (secondary N) is 1. The average molecular weight is 276 g/mol. The highest BCUT2D eigenvalue weighted by Crippen LogP contribution is 2.24. The molecule has 0 aliphatic rings. The van der Waals surface area contributed by atoms with Crippen LogP contribution in [-0.4, -0.2) is 11.5 Å². The Morgan fingerprint density at radius 3 is 2.45 bits per heavy atom. The van der Waals surface area contributed by atoms with Gasteiger partial charge in [0.25, 0.3) is 0 Å². The highest BCUT2D eigenvalue weighted by Gasteiger charge is 2.20. The highest BCUT2D eigenvalue weighted by molar-refractivity contribution is 5.27. The van der Waals surface area contributed by atoms with Crippen molar-refractivity contribution in [3.8, 4) is 0 Å². The number of rotatable bonds is 5. The first-order chi connectivity index (χ1) is 9.63. The fourth-order valence-electron chi connectivity index (χ4n) is 2.29. The molecule has 0 amide bonds. The van der Waals surface area contributed by atoms with Crippen LogP contribution in [0.25, 0.3) is 0 Å². The van der Waals surface area contributed by atoms with Gasteiger partial charge in [-0.2, -0.15) is 0 Å². The Morgan fingerprint density at radius 2 is 1.85 bits per heavy atom. The molecule has 0 aliphatic heterocycles. The van der Waals surface area contributed by atoms with E-state index in [0.29, 0.717) is 13.0 Å². The molecule has 2 nitrogen and oxygen atoms in total. The number of aryl methyl sites for hydroxylation is 1. The van der Waals surface area contributed by atoms with Gasteiger partial charge >= 0.3 is 0 Å². The monoisotopic (exact) mass is 276 g/mol. The fraction of sp³-hybridized carbons (Fsp3) is 0.312. The Bertz CT molecular complexity index is 564. The number of hydrogen-bond acceptors (Lipinski definition) is 2. The molecule has 106 valence electrons. The molecule has 1 aromatic heterocycles. The lowest BCUT2D eigenvalue weighted by Gasteiger charge is -2.20. The number of hydrogen-bond donors (Lipinski definition) is 1. The lowest BCUT2D eigenvalue weighted by Crippen LogP contribution is -2.25. The van der Waals surface area contributed by atoms with Crippen molar-refractivity contribution in [2.24, 2.45) is 0 Å². The van der Waals surface area contributed by atoms with E-state index in [4.69, 9.17) is 0 Å². The van der Waals surface area contributed by atoms with Gasteiger partial charge in [-0.15, -0.1) is 0 Å². The zero-order valence-electron chi connectivity index (χ0n) is 11.7. The van der Waals surface area contributed by atoms with Crippen molar-refractivity contribution in [3.05, 3.63) is 65.0 Å². The fourth-order valence-corrected chi connectivity index (χ4v) is 2.29. The molecule has 0 saturated carbocycles. The summed E-state index contributed by atoms with van der Waals surface area (Å²) < 4.78 is 27.9. The van der Waals surface area contributed by atoms with Crippen molar-refractivity contribution in [1.29, 1.82) is 0 Å². The zero-order chi connectivity index (χ0) is 14.5. The van der Waals surface area contributed by atoms with Gasteiger partial charge in [-0.3, -0.25) is 4.98 Å². The highest BCUT2D eigenvalue weighted by atomic mass is 19.1. The second-order valence-corrected chi connectivity index (χ2v) is 4.72. The molecule has 2 aromatic rings. The molecule has 20 heavy (non-hydrogen) atoms. The topological polar surface area (TPSA) is 24.9 Å². The van der Waals surface area contributed by atoms with Crippen LogP contribution in [0.5, 0.6) is 0 Å². The number of likely N-dealkylation sites (N-methyl/N-ethyl adjacent to an activating group) is 1. The van der Waals surface area contributed by atoms with Crippen LogP contribution in [-0.2, 0) is 6.42 Å². The third kappa shape index (κ3) is 3.20. The summed E-state index contributed by atoms with van der Waals surface area (Å²) in [5.41, 5.74) is 1.95. The molecule has 1 atom stereocenters. The predicted octanol–water partition coefficient (Wildman–Crippen LogP) is 3.56. The van der Waals surface area contributed by atoms with Gasteiger partial charge in [-0.1, -0.05) is 19.1 Å². The standard InChI is InChI=1S/C16H18F2N2/c1-3-19-15(10-14-11(2)6-5-9-20-14)16-12(17)7-4-8-13(16)18/h4-9,15,19H,3,10H2,1-2H3. The number of nitrogens with zero attached hydrogens (tertiary/aromatic N) is 1. The molecule has 0 saturated heterocycles. The van der Waals surface area contributed by atoms with E-state index in [-0.39, 0.29) is 5.56 Å². The van der Waals surface area contributed by atoms with Crippen LogP contribution in [0.1, 0.15) is 29.8 Å². The molecule has 0 bridgehead atoms. The minimum atomic E-state index is -0.524. The maximum atomic E-state index is 13.9. The smallest absolute Gasteiger partial charge is 0.130 e.